The van der Waals surface area contributed by atoms with Gasteiger partial charge in [-0.15, -0.1) is 0 Å². The maximum atomic E-state index is 11.6. The van der Waals surface area contributed by atoms with Crippen LogP contribution in [0.4, 0.5) is 0 Å². The third-order valence-electron chi connectivity index (χ3n) is 1.68. The van der Waals surface area contributed by atoms with E-state index in [1.54, 1.807) is 19.1 Å². The Bertz CT molecular complexity index is 351. The van der Waals surface area contributed by atoms with E-state index in [-0.39, 0.29) is 18.6 Å². The van der Waals surface area contributed by atoms with Crippen molar-refractivity contribution in [1.29, 1.82) is 0 Å². The first kappa shape index (κ1) is 12.6. The van der Waals surface area contributed by atoms with Gasteiger partial charge in [-0.25, -0.2) is 4.98 Å². The summed E-state index contributed by atoms with van der Waals surface area (Å²) in [6, 6.07) is 2.97. The monoisotopic (exact) mass is 336 g/mol. The van der Waals surface area contributed by atoms with Crippen LogP contribution in [-0.4, -0.2) is 28.6 Å². The zero-order valence-corrected chi connectivity index (χ0v) is 11.2. The van der Waals surface area contributed by atoms with Crippen LogP contribution in [0.15, 0.2) is 21.3 Å². The van der Waals surface area contributed by atoms with Crippen molar-refractivity contribution >= 4 is 37.8 Å². The fraction of sp³-hybridized carbons (Fsp3) is 0.333. The van der Waals surface area contributed by atoms with Crippen molar-refractivity contribution in [2.24, 2.45) is 0 Å². The Morgan fingerprint density at radius 2 is 2.07 bits per heavy atom. The summed E-state index contributed by atoms with van der Waals surface area (Å²) in [4.78, 5) is 15.6. The van der Waals surface area contributed by atoms with Crippen molar-refractivity contribution in [1.82, 2.24) is 10.3 Å². The van der Waals surface area contributed by atoms with Crippen molar-refractivity contribution in [3.8, 4) is 0 Å². The SMILES string of the molecule is CC(CO)NC(=O)c1cc(Br)nc(Br)c1. The van der Waals surface area contributed by atoms with Crippen LogP contribution in [0.2, 0.25) is 0 Å². The molecule has 0 aliphatic rings. The highest BCUT2D eigenvalue weighted by Crippen LogP contribution is 2.15. The lowest BCUT2D eigenvalue weighted by atomic mass is 10.2. The summed E-state index contributed by atoms with van der Waals surface area (Å²) in [6.45, 7) is 1.64. The average Bonchev–Trinajstić information content (AvgIpc) is 2.16. The number of amides is 1. The van der Waals surface area contributed by atoms with Crippen LogP contribution >= 0.6 is 31.9 Å². The second-order valence-corrected chi connectivity index (χ2v) is 4.68. The minimum Gasteiger partial charge on any atom is -0.394 e. The number of hydrogen-bond donors (Lipinski definition) is 2. The summed E-state index contributed by atoms with van der Waals surface area (Å²) in [6.07, 6.45) is 0. The summed E-state index contributed by atoms with van der Waals surface area (Å²) in [5.74, 6) is -0.236. The zero-order valence-electron chi connectivity index (χ0n) is 8.00. The van der Waals surface area contributed by atoms with Gasteiger partial charge in [-0.3, -0.25) is 4.79 Å². The molecule has 82 valence electrons. The lowest BCUT2D eigenvalue weighted by molar-refractivity contribution is 0.0922. The van der Waals surface area contributed by atoms with Crippen molar-refractivity contribution in [3.05, 3.63) is 26.9 Å². The van der Waals surface area contributed by atoms with E-state index in [0.29, 0.717) is 14.8 Å². The van der Waals surface area contributed by atoms with Crippen LogP contribution in [0.5, 0.6) is 0 Å². The van der Waals surface area contributed by atoms with E-state index in [0.717, 1.165) is 0 Å². The fourth-order valence-corrected chi connectivity index (χ4v) is 2.06. The van der Waals surface area contributed by atoms with Gasteiger partial charge in [-0.2, -0.15) is 0 Å². The Morgan fingerprint density at radius 3 is 2.53 bits per heavy atom. The molecule has 1 rings (SSSR count). The second-order valence-electron chi connectivity index (χ2n) is 3.06. The first-order valence-corrected chi connectivity index (χ1v) is 5.86. The molecule has 0 fully saturated rings. The summed E-state index contributed by atoms with van der Waals surface area (Å²) < 4.78 is 1.16. The van der Waals surface area contributed by atoms with E-state index in [9.17, 15) is 4.79 Å². The number of rotatable bonds is 3. The van der Waals surface area contributed by atoms with Crippen LogP contribution in [0, 0.1) is 0 Å². The Labute approximate surface area is 104 Å². The number of pyridine rings is 1. The molecule has 0 aliphatic carbocycles. The molecule has 1 atom stereocenters. The minimum absolute atomic E-state index is 0.0842. The predicted molar refractivity (Wildman–Crippen MR) is 63.7 cm³/mol. The maximum absolute atomic E-state index is 11.6. The maximum Gasteiger partial charge on any atom is 0.251 e. The third-order valence-corrected chi connectivity index (χ3v) is 2.49. The number of carbonyl (C=O) groups excluding carboxylic acids is 1. The van der Waals surface area contributed by atoms with Crippen LogP contribution in [0.1, 0.15) is 17.3 Å². The Hall–Kier alpha value is -0.460. The molecule has 0 bridgehead atoms. The third kappa shape index (κ3) is 3.89. The summed E-state index contributed by atoms with van der Waals surface area (Å²) >= 11 is 6.39. The molecule has 0 spiro atoms. The van der Waals surface area contributed by atoms with Crippen molar-refractivity contribution < 1.29 is 9.90 Å². The molecule has 4 nitrogen and oxygen atoms in total. The van der Waals surface area contributed by atoms with Crippen LogP contribution in [-0.2, 0) is 0 Å². The summed E-state index contributed by atoms with van der Waals surface area (Å²) in [5.41, 5.74) is 0.490. The van der Waals surface area contributed by atoms with Gasteiger partial charge in [0.1, 0.15) is 9.21 Å². The van der Waals surface area contributed by atoms with Gasteiger partial charge in [0.05, 0.1) is 6.61 Å². The van der Waals surface area contributed by atoms with E-state index in [1.807, 2.05) is 0 Å². The molecule has 15 heavy (non-hydrogen) atoms. The molecule has 1 aromatic heterocycles. The molecular formula is C9H10Br2N2O2. The van der Waals surface area contributed by atoms with Crippen molar-refractivity contribution in [2.45, 2.75) is 13.0 Å². The normalized spacial score (nSPS) is 12.3. The lowest BCUT2D eigenvalue weighted by Gasteiger charge is -2.10. The highest BCUT2D eigenvalue weighted by atomic mass is 79.9. The number of hydrogen-bond acceptors (Lipinski definition) is 3. The average molecular weight is 338 g/mol. The van der Waals surface area contributed by atoms with Crippen molar-refractivity contribution in [2.75, 3.05) is 6.61 Å². The predicted octanol–water partition coefficient (Wildman–Crippen LogP) is 1.72. The number of nitrogens with one attached hydrogen (secondary N) is 1. The number of aliphatic hydroxyl groups is 1. The summed E-state index contributed by atoms with van der Waals surface area (Å²) in [7, 11) is 0. The van der Waals surface area contributed by atoms with Gasteiger partial charge < -0.3 is 10.4 Å². The van der Waals surface area contributed by atoms with E-state index < -0.39 is 0 Å². The van der Waals surface area contributed by atoms with Gasteiger partial charge in [0.15, 0.2) is 0 Å². The largest absolute Gasteiger partial charge is 0.394 e. The first-order chi connectivity index (χ1) is 7.02. The molecule has 0 aromatic carbocycles. The lowest BCUT2D eigenvalue weighted by Crippen LogP contribution is -2.35. The van der Waals surface area contributed by atoms with Gasteiger partial charge in [0, 0.05) is 11.6 Å². The van der Waals surface area contributed by atoms with Crippen molar-refractivity contribution in [3.63, 3.8) is 0 Å². The molecule has 0 saturated carbocycles. The molecular weight excluding hydrogens is 328 g/mol. The Kier molecular flexibility index (Phi) is 4.69. The number of aliphatic hydroxyl groups excluding tert-OH is 1. The number of nitrogens with zero attached hydrogens (tertiary/aromatic N) is 1. The number of carbonyl (C=O) groups is 1. The van der Waals surface area contributed by atoms with Gasteiger partial charge in [-0.05, 0) is 50.9 Å². The quantitative estimate of drug-likeness (QED) is 0.825. The van der Waals surface area contributed by atoms with E-state index in [2.05, 4.69) is 42.2 Å². The smallest absolute Gasteiger partial charge is 0.251 e. The zero-order chi connectivity index (χ0) is 11.4. The molecule has 1 aromatic rings. The van der Waals surface area contributed by atoms with E-state index >= 15 is 0 Å². The standard InChI is InChI=1S/C9H10Br2N2O2/c1-5(4-14)12-9(15)6-2-7(10)13-8(11)3-6/h2-3,5,14H,4H2,1H3,(H,12,15). The Balaban J connectivity index is 2.82. The molecule has 6 heteroatoms. The highest BCUT2D eigenvalue weighted by molar-refractivity contribution is 9.11. The van der Waals surface area contributed by atoms with Gasteiger partial charge in [-0.1, -0.05) is 0 Å². The molecule has 0 aliphatic heterocycles. The number of halogens is 2. The molecule has 1 unspecified atom stereocenters. The topological polar surface area (TPSA) is 62.2 Å². The molecule has 2 N–H and O–H groups in total. The number of aromatic nitrogens is 1. The van der Waals surface area contributed by atoms with Gasteiger partial charge in [0.25, 0.3) is 5.91 Å². The van der Waals surface area contributed by atoms with Crippen LogP contribution < -0.4 is 5.32 Å². The van der Waals surface area contributed by atoms with E-state index in [1.165, 1.54) is 0 Å². The molecule has 0 saturated heterocycles. The molecule has 1 amide bonds. The summed E-state index contributed by atoms with van der Waals surface area (Å²) in [5, 5.41) is 11.4. The first-order valence-electron chi connectivity index (χ1n) is 4.27. The molecule has 1 heterocycles. The highest BCUT2D eigenvalue weighted by Gasteiger charge is 2.10. The second kappa shape index (κ2) is 5.58. The minimum atomic E-state index is -0.261. The van der Waals surface area contributed by atoms with Crippen LogP contribution in [0.25, 0.3) is 0 Å². The fourth-order valence-electron chi connectivity index (χ4n) is 0.949. The van der Waals surface area contributed by atoms with E-state index in [4.69, 9.17) is 5.11 Å². The van der Waals surface area contributed by atoms with Crippen LogP contribution in [0.3, 0.4) is 0 Å². The van der Waals surface area contributed by atoms with Gasteiger partial charge in [0.2, 0.25) is 0 Å². The molecule has 0 radical (unpaired) electrons. The van der Waals surface area contributed by atoms with Gasteiger partial charge >= 0.3 is 0 Å². The Morgan fingerprint density at radius 1 is 1.53 bits per heavy atom.